The molecule has 0 saturated heterocycles. The van der Waals surface area contributed by atoms with Crippen LogP contribution in [0.25, 0.3) is 23.0 Å². The monoisotopic (exact) mass is 413 g/mol. The molecule has 1 aliphatic rings. The first-order valence-electron chi connectivity index (χ1n) is 10.3. The summed E-state index contributed by atoms with van der Waals surface area (Å²) >= 11 is 0. The van der Waals surface area contributed by atoms with Crippen LogP contribution in [-0.2, 0) is 20.0 Å². The van der Waals surface area contributed by atoms with Gasteiger partial charge in [0.2, 0.25) is 5.82 Å². The molecule has 0 fully saturated rings. The molecule has 0 radical (unpaired) electrons. The lowest BCUT2D eigenvalue weighted by molar-refractivity contribution is 0.0733. The Morgan fingerprint density at radius 1 is 1.06 bits per heavy atom. The number of carbonyl (C=O) groups excluding carboxylic acids is 1. The van der Waals surface area contributed by atoms with Crippen LogP contribution in [0.3, 0.4) is 0 Å². The normalized spacial score (nSPS) is 13.3. The van der Waals surface area contributed by atoms with Gasteiger partial charge in [-0.25, -0.2) is 0 Å². The van der Waals surface area contributed by atoms with E-state index in [1.807, 2.05) is 72.9 Å². The molecule has 0 spiro atoms. The number of aromatic nitrogens is 4. The Labute approximate surface area is 180 Å². The summed E-state index contributed by atoms with van der Waals surface area (Å²) in [5.74, 6) is 0.924. The molecule has 0 atom stereocenters. The highest BCUT2D eigenvalue weighted by atomic mass is 16.5. The summed E-state index contributed by atoms with van der Waals surface area (Å²) in [7, 11) is 1.91. The number of carbonyl (C=O) groups is 1. The molecule has 156 valence electrons. The summed E-state index contributed by atoms with van der Waals surface area (Å²) in [5, 5.41) is 8.77. The first-order valence-corrected chi connectivity index (χ1v) is 10.3. The highest BCUT2D eigenvalue weighted by Crippen LogP contribution is 2.30. The molecule has 0 bridgehead atoms. The quantitative estimate of drug-likeness (QED) is 0.508. The van der Waals surface area contributed by atoms with Gasteiger partial charge in [-0.05, 0) is 26.0 Å². The molecule has 0 unspecified atom stereocenters. The zero-order valence-electron chi connectivity index (χ0n) is 17.8. The Balaban J connectivity index is 1.47. The fourth-order valence-electron chi connectivity index (χ4n) is 4.24. The molecule has 5 rings (SSSR count). The zero-order chi connectivity index (χ0) is 21.5. The van der Waals surface area contributed by atoms with Crippen molar-refractivity contribution in [1.29, 1.82) is 0 Å². The van der Waals surface area contributed by atoms with E-state index in [1.54, 1.807) is 0 Å². The minimum atomic E-state index is 0.0303. The van der Waals surface area contributed by atoms with E-state index < -0.39 is 0 Å². The summed E-state index contributed by atoms with van der Waals surface area (Å²) in [4.78, 5) is 19.6. The molecule has 2 aromatic carbocycles. The number of hydrogen-bond donors (Lipinski definition) is 0. The lowest BCUT2D eigenvalue weighted by Crippen LogP contribution is -2.36. The Bertz CT molecular complexity index is 1250. The molecule has 7 heteroatoms. The Morgan fingerprint density at radius 3 is 2.55 bits per heavy atom. The van der Waals surface area contributed by atoms with E-state index in [2.05, 4.69) is 21.3 Å². The topological polar surface area (TPSA) is 77.1 Å². The van der Waals surface area contributed by atoms with Crippen molar-refractivity contribution in [2.75, 3.05) is 6.54 Å². The van der Waals surface area contributed by atoms with E-state index in [9.17, 15) is 4.79 Å². The fraction of sp³-hybridized carbons (Fsp3) is 0.250. The van der Waals surface area contributed by atoms with E-state index in [-0.39, 0.29) is 5.91 Å². The molecule has 0 saturated carbocycles. The van der Waals surface area contributed by atoms with Crippen LogP contribution in [0.2, 0.25) is 0 Å². The molecule has 7 nitrogen and oxygen atoms in total. The van der Waals surface area contributed by atoms with Crippen molar-refractivity contribution in [2.24, 2.45) is 7.05 Å². The van der Waals surface area contributed by atoms with Gasteiger partial charge >= 0.3 is 0 Å². The van der Waals surface area contributed by atoms with E-state index >= 15 is 0 Å². The summed E-state index contributed by atoms with van der Waals surface area (Å²) in [5.41, 5.74) is 6.48. The van der Waals surface area contributed by atoms with Crippen molar-refractivity contribution in [3.05, 3.63) is 76.5 Å². The van der Waals surface area contributed by atoms with Crippen molar-refractivity contribution < 1.29 is 9.32 Å². The van der Waals surface area contributed by atoms with Crippen molar-refractivity contribution in [3.63, 3.8) is 0 Å². The third-order valence-corrected chi connectivity index (χ3v) is 5.66. The highest BCUT2D eigenvalue weighted by molar-refractivity contribution is 5.94. The lowest BCUT2D eigenvalue weighted by Gasteiger charge is -2.27. The van der Waals surface area contributed by atoms with Gasteiger partial charge in [-0.3, -0.25) is 9.48 Å². The van der Waals surface area contributed by atoms with Gasteiger partial charge in [-0.2, -0.15) is 10.1 Å². The molecule has 0 N–H and O–H groups in total. The number of benzene rings is 2. The molecule has 31 heavy (non-hydrogen) atoms. The largest absolute Gasteiger partial charge is 0.334 e. The van der Waals surface area contributed by atoms with Gasteiger partial charge in [0.05, 0.1) is 6.54 Å². The third-order valence-electron chi connectivity index (χ3n) is 5.66. The molecule has 1 amide bonds. The predicted octanol–water partition coefficient (Wildman–Crippen LogP) is 3.95. The summed E-state index contributed by atoms with van der Waals surface area (Å²) in [6, 6.07) is 15.7. The molecule has 1 aliphatic heterocycles. The Kier molecular flexibility index (Phi) is 4.66. The smallest absolute Gasteiger partial charge is 0.279 e. The van der Waals surface area contributed by atoms with Crippen LogP contribution >= 0.6 is 0 Å². The van der Waals surface area contributed by atoms with E-state index in [0.717, 1.165) is 39.9 Å². The summed E-state index contributed by atoms with van der Waals surface area (Å²) < 4.78 is 7.41. The predicted molar refractivity (Wildman–Crippen MR) is 116 cm³/mol. The van der Waals surface area contributed by atoms with Crippen molar-refractivity contribution >= 4 is 5.91 Å². The van der Waals surface area contributed by atoms with Crippen LogP contribution in [0.4, 0.5) is 0 Å². The van der Waals surface area contributed by atoms with Crippen LogP contribution in [0, 0.1) is 13.8 Å². The molecular weight excluding hydrogens is 390 g/mol. The van der Waals surface area contributed by atoms with Gasteiger partial charge in [-0.15, -0.1) is 0 Å². The standard InChI is InChI=1S/C24H23N5O2/c1-15-11-16(2)13-18(12-15)24(30)29-10-9-20-19(14-29)21(26-28(20)3)23-25-22(27-31-23)17-7-5-4-6-8-17/h4-8,11-13H,9-10,14H2,1-3H3. The summed E-state index contributed by atoms with van der Waals surface area (Å²) in [6.07, 6.45) is 0.731. The Hall–Kier alpha value is -3.74. The van der Waals surface area contributed by atoms with Gasteiger partial charge in [0.25, 0.3) is 11.8 Å². The van der Waals surface area contributed by atoms with E-state index in [0.29, 0.717) is 30.5 Å². The van der Waals surface area contributed by atoms with Gasteiger partial charge < -0.3 is 9.42 Å². The van der Waals surface area contributed by atoms with Gasteiger partial charge in [-0.1, -0.05) is 52.7 Å². The van der Waals surface area contributed by atoms with Crippen molar-refractivity contribution in [1.82, 2.24) is 24.8 Å². The number of aryl methyl sites for hydroxylation is 3. The Morgan fingerprint density at radius 2 is 1.81 bits per heavy atom. The SMILES string of the molecule is Cc1cc(C)cc(C(=O)N2CCc3c(c(-c4nc(-c5ccccc5)no4)nn3C)C2)c1. The first kappa shape index (κ1) is 19.2. The molecular formula is C24H23N5O2. The fourth-order valence-corrected chi connectivity index (χ4v) is 4.24. The maximum atomic E-state index is 13.2. The van der Waals surface area contributed by atoms with Crippen LogP contribution in [-0.4, -0.2) is 37.3 Å². The molecule has 0 aliphatic carbocycles. The second kappa shape index (κ2) is 7.50. The first-order chi connectivity index (χ1) is 15.0. The van der Waals surface area contributed by atoms with Gasteiger partial charge in [0, 0.05) is 42.4 Å². The molecule has 2 aromatic heterocycles. The average Bonchev–Trinajstić information content (AvgIpc) is 3.38. The number of fused-ring (bicyclic) bond motifs is 1. The van der Waals surface area contributed by atoms with E-state index in [4.69, 9.17) is 4.52 Å². The van der Waals surface area contributed by atoms with Crippen LogP contribution in [0.15, 0.2) is 53.1 Å². The highest BCUT2D eigenvalue weighted by Gasteiger charge is 2.30. The van der Waals surface area contributed by atoms with Crippen LogP contribution in [0.5, 0.6) is 0 Å². The number of hydrogen-bond acceptors (Lipinski definition) is 5. The van der Waals surface area contributed by atoms with E-state index in [1.165, 1.54) is 0 Å². The zero-order valence-corrected chi connectivity index (χ0v) is 17.8. The lowest BCUT2D eigenvalue weighted by atomic mass is 10.0. The third kappa shape index (κ3) is 3.52. The average molecular weight is 413 g/mol. The minimum absolute atomic E-state index is 0.0303. The second-order valence-electron chi connectivity index (χ2n) is 8.04. The second-order valence-corrected chi connectivity index (χ2v) is 8.04. The van der Waals surface area contributed by atoms with Crippen molar-refractivity contribution in [3.8, 4) is 23.0 Å². The number of amides is 1. The van der Waals surface area contributed by atoms with Crippen LogP contribution in [0.1, 0.15) is 32.7 Å². The maximum Gasteiger partial charge on any atom is 0.279 e. The van der Waals surface area contributed by atoms with Gasteiger partial charge in [0.1, 0.15) is 0 Å². The minimum Gasteiger partial charge on any atom is -0.334 e. The summed E-state index contributed by atoms with van der Waals surface area (Å²) in [6.45, 7) is 5.14. The number of rotatable bonds is 3. The van der Waals surface area contributed by atoms with Crippen LogP contribution < -0.4 is 0 Å². The maximum absolute atomic E-state index is 13.2. The molecule has 3 heterocycles. The van der Waals surface area contributed by atoms with Gasteiger partial charge in [0.15, 0.2) is 5.69 Å². The van der Waals surface area contributed by atoms with Crippen molar-refractivity contribution in [2.45, 2.75) is 26.8 Å². The number of nitrogens with zero attached hydrogens (tertiary/aromatic N) is 5. The molecule has 4 aromatic rings.